The van der Waals surface area contributed by atoms with Crippen LogP contribution in [0.3, 0.4) is 0 Å². The minimum Gasteiger partial charge on any atom is -0.342 e. The standard InChI is InChI=1S/C21H22ClN3O2S/c1-3-10-24(2)21(27)18-14-28-20(23-18)15-8-11-25(12-9-15)19(26)13-16-6-4-5-7-17(16)22/h1,4-7,14-15H,8-13H2,2H3. The van der Waals surface area contributed by atoms with Gasteiger partial charge in [0.25, 0.3) is 5.91 Å². The Morgan fingerprint density at radius 3 is 2.75 bits per heavy atom. The third-order valence-corrected chi connectivity index (χ3v) is 6.29. The molecule has 1 aromatic carbocycles. The maximum Gasteiger partial charge on any atom is 0.273 e. The second-order valence-corrected chi connectivity index (χ2v) is 8.16. The molecule has 1 aliphatic rings. The first-order valence-electron chi connectivity index (χ1n) is 9.15. The van der Waals surface area contributed by atoms with Crippen molar-refractivity contribution >= 4 is 34.8 Å². The molecule has 7 heteroatoms. The SMILES string of the molecule is C#CCN(C)C(=O)c1csc(C2CCN(C(=O)Cc3ccccc3Cl)CC2)n1. The molecule has 0 atom stereocenters. The molecular weight excluding hydrogens is 394 g/mol. The lowest BCUT2D eigenvalue weighted by atomic mass is 9.97. The van der Waals surface area contributed by atoms with E-state index >= 15 is 0 Å². The number of rotatable bonds is 5. The van der Waals surface area contributed by atoms with Crippen LogP contribution in [0.25, 0.3) is 0 Å². The Bertz CT molecular complexity index is 897. The van der Waals surface area contributed by atoms with Crippen molar-refractivity contribution in [1.29, 1.82) is 0 Å². The fourth-order valence-electron chi connectivity index (χ4n) is 3.27. The average Bonchev–Trinajstić information content (AvgIpc) is 3.19. The molecule has 2 aromatic rings. The Hall–Kier alpha value is -2.36. The van der Waals surface area contributed by atoms with Crippen molar-refractivity contribution in [1.82, 2.24) is 14.8 Å². The number of amides is 2. The van der Waals surface area contributed by atoms with Crippen molar-refractivity contribution < 1.29 is 9.59 Å². The zero-order valence-electron chi connectivity index (χ0n) is 15.7. The molecule has 0 radical (unpaired) electrons. The summed E-state index contributed by atoms with van der Waals surface area (Å²) in [5.74, 6) is 2.67. The highest BCUT2D eigenvalue weighted by molar-refractivity contribution is 7.09. The largest absolute Gasteiger partial charge is 0.342 e. The van der Waals surface area contributed by atoms with Gasteiger partial charge in [0, 0.05) is 36.5 Å². The topological polar surface area (TPSA) is 53.5 Å². The van der Waals surface area contributed by atoms with Gasteiger partial charge in [-0.15, -0.1) is 17.8 Å². The monoisotopic (exact) mass is 415 g/mol. The minimum absolute atomic E-state index is 0.0949. The van der Waals surface area contributed by atoms with Gasteiger partial charge in [-0.25, -0.2) is 4.98 Å². The van der Waals surface area contributed by atoms with Crippen molar-refractivity contribution in [2.45, 2.75) is 25.2 Å². The molecule has 0 spiro atoms. The molecule has 2 amide bonds. The van der Waals surface area contributed by atoms with E-state index in [4.69, 9.17) is 18.0 Å². The van der Waals surface area contributed by atoms with Gasteiger partial charge < -0.3 is 9.80 Å². The molecule has 0 aliphatic carbocycles. The van der Waals surface area contributed by atoms with Gasteiger partial charge in [0.1, 0.15) is 5.69 Å². The molecule has 0 bridgehead atoms. The van der Waals surface area contributed by atoms with Crippen LogP contribution in [0.2, 0.25) is 5.02 Å². The third-order valence-electron chi connectivity index (χ3n) is 4.91. The fourth-order valence-corrected chi connectivity index (χ4v) is 4.44. The number of nitrogens with zero attached hydrogens (tertiary/aromatic N) is 3. The summed E-state index contributed by atoms with van der Waals surface area (Å²) in [5, 5.41) is 3.37. The van der Waals surface area contributed by atoms with Crippen LogP contribution in [0.1, 0.15) is 39.8 Å². The van der Waals surface area contributed by atoms with Crippen LogP contribution >= 0.6 is 22.9 Å². The molecule has 1 aliphatic heterocycles. The summed E-state index contributed by atoms with van der Waals surface area (Å²) in [6.45, 7) is 1.64. The van der Waals surface area contributed by atoms with Gasteiger partial charge in [-0.3, -0.25) is 9.59 Å². The van der Waals surface area contributed by atoms with E-state index in [0.717, 1.165) is 23.4 Å². The number of halogens is 1. The molecule has 1 aromatic heterocycles. The van der Waals surface area contributed by atoms with Crippen molar-refractivity contribution in [2.24, 2.45) is 0 Å². The second kappa shape index (κ2) is 9.22. The molecular formula is C21H22ClN3O2S. The van der Waals surface area contributed by atoms with E-state index in [-0.39, 0.29) is 24.3 Å². The highest BCUT2D eigenvalue weighted by Gasteiger charge is 2.27. The van der Waals surface area contributed by atoms with Gasteiger partial charge in [0.2, 0.25) is 5.91 Å². The number of carbonyl (C=O) groups excluding carboxylic acids is 2. The van der Waals surface area contributed by atoms with Crippen LogP contribution in [-0.4, -0.2) is 53.3 Å². The van der Waals surface area contributed by atoms with Gasteiger partial charge in [0.05, 0.1) is 18.0 Å². The van der Waals surface area contributed by atoms with Gasteiger partial charge in [-0.05, 0) is 24.5 Å². The summed E-state index contributed by atoms with van der Waals surface area (Å²) in [4.78, 5) is 32.8. The van der Waals surface area contributed by atoms with E-state index in [2.05, 4.69) is 10.9 Å². The smallest absolute Gasteiger partial charge is 0.273 e. The average molecular weight is 416 g/mol. The van der Waals surface area contributed by atoms with Crippen LogP contribution in [0.15, 0.2) is 29.6 Å². The van der Waals surface area contributed by atoms with Gasteiger partial charge in [-0.1, -0.05) is 35.7 Å². The predicted molar refractivity (Wildman–Crippen MR) is 112 cm³/mol. The maximum atomic E-state index is 12.6. The second-order valence-electron chi connectivity index (χ2n) is 6.86. The summed E-state index contributed by atoms with van der Waals surface area (Å²) in [7, 11) is 1.67. The number of thiazole rings is 1. The zero-order valence-corrected chi connectivity index (χ0v) is 17.3. The molecule has 1 fully saturated rings. The highest BCUT2D eigenvalue weighted by Crippen LogP contribution is 2.31. The third kappa shape index (κ3) is 4.73. The number of hydrogen-bond acceptors (Lipinski definition) is 4. The molecule has 0 unspecified atom stereocenters. The van der Waals surface area contributed by atoms with Crippen LogP contribution in [0.5, 0.6) is 0 Å². The van der Waals surface area contributed by atoms with Gasteiger partial charge in [0.15, 0.2) is 0 Å². The molecule has 146 valence electrons. The molecule has 1 saturated heterocycles. The number of terminal acetylenes is 1. The Labute approximate surface area is 174 Å². The number of piperidine rings is 1. The number of carbonyl (C=O) groups is 2. The van der Waals surface area contributed by atoms with Crippen LogP contribution < -0.4 is 0 Å². The normalized spacial score (nSPS) is 14.5. The lowest BCUT2D eigenvalue weighted by Crippen LogP contribution is -2.38. The first-order valence-corrected chi connectivity index (χ1v) is 10.4. The molecule has 0 N–H and O–H groups in total. The summed E-state index contributed by atoms with van der Waals surface area (Å²) >= 11 is 7.66. The Morgan fingerprint density at radius 2 is 2.07 bits per heavy atom. The number of aromatic nitrogens is 1. The van der Waals surface area contributed by atoms with E-state index in [0.29, 0.717) is 30.2 Å². The summed E-state index contributed by atoms with van der Waals surface area (Å²) in [6.07, 6.45) is 7.27. The summed E-state index contributed by atoms with van der Waals surface area (Å²) in [5.41, 5.74) is 1.30. The van der Waals surface area contributed by atoms with Crippen LogP contribution in [0.4, 0.5) is 0 Å². The number of likely N-dealkylation sites (tertiary alicyclic amines) is 1. The Kier molecular flexibility index (Phi) is 6.71. The van der Waals surface area contributed by atoms with Gasteiger partial charge in [-0.2, -0.15) is 0 Å². The van der Waals surface area contributed by atoms with E-state index < -0.39 is 0 Å². The van der Waals surface area contributed by atoms with Gasteiger partial charge >= 0.3 is 0 Å². The van der Waals surface area contributed by atoms with Crippen molar-refractivity contribution in [3.8, 4) is 12.3 Å². The van der Waals surface area contributed by atoms with E-state index in [1.54, 1.807) is 18.5 Å². The first kappa shape index (κ1) is 20.4. The first-order chi connectivity index (χ1) is 13.5. The fraction of sp³-hybridized carbons (Fsp3) is 0.381. The highest BCUT2D eigenvalue weighted by atomic mass is 35.5. The summed E-state index contributed by atoms with van der Waals surface area (Å²) in [6, 6.07) is 7.44. The minimum atomic E-state index is -0.159. The quantitative estimate of drug-likeness (QED) is 0.703. The lowest BCUT2D eigenvalue weighted by Gasteiger charge is -2.31. The van der Waals surface area contributed by atoms with E-state index in [1.807, 2.05) is 23.1 Å². The zero-order chi connectivity index (χ0) is 20.1. The maximum absolute atomic E-state index is 12.6. The van der Waals surface area contributed by atoms with E-state index in [1.165, 1.54) is 16.2 Å². The van der Waals surface area contributed by atoms with Crippen molar-refractivity contribution in [3.05, 3.63) is 50.9 Å². The Balaban J connectivity index is 1.56. The predicted octanol–water partition coefficient (Wildman–Crippen LogP) is 3.45. The van der Waals surface area contributed by atoms with E-state index in [9.17, 15) is 9.59 Å². The number of hydrogen-bond donors (Lipinski definition) is 0. The van der Waals surface area contributed by atoms with Crippen LogP contribution in [-0.2, 0) is 11.2 Å². The summed E-state index contributed by atoms with van der Waals surface area (Å²) < 4.78 is 0. The Morgan fingerprint density at radius 1 is 1.36 bits per heavy atom. The molecule has 0 saturated carbocycles. The molecule has 3 rings (SSSR count). The number of benzene rings is 1. The van der Waals surface area contributed by atoms with Crippen molar-refractivity contribution in [3.63, 3.8) is 0 Å². The lowest BCUT2D eigenvalue weighted by molar-refractivity contribution is -0.131. The molecule has 2 heterocycles. The van der Waals surface area contributed by atoms with Crippen molar-refractivity contribution in [2.75, 3.05) is 26.7 Å². The van der Waals surface area contributed by atoms with Crippen LogP contribution in [0, 0.1) is 12.3 Å². The molecule has 28 heavy (non-hydrogen) atoms. The molecule has 5 nitrogen and oxygen atoms in total.